The second-order valence-electron chi connectivity index (χ2n) is 5.69. The van der Waals surface area contributed by atoms with Crippen LogP contribution in [0.2, 0.25) is 0 Å². The van der Waals surface area contributed by atoms with Gasteiger partial charge in [-0.05, 0) is 30.7 Å². The van der Waals surface area contributed by atoms with E-state index in [0.29, 0.717) is 11.3 Å². The summed E-state index contributed by atoms with van der Waals surface area (Å²) in [5.74, 6) is -1.68. The molecule has 0 radical (unpaired) electrons. The molecule has 1 aliphatic heterocycles. The number of hydrogen-bond acceptors (Lipinski definition) is 4. The third-order valence-electron chi connectivity index (χ3n) is 4.00. The lowest BCUT2D eigenvalue weighted by Crippen LogP contribution is -2.21. The van der Waals surface area contributed by atoms with E-state index in [2.05, 4.69) is 9.71 Å². The molecule has 1 heterocycles. The number of nitrogens with zero attached hydrogens (tertiary/aromatic N) is 3. The van der Waals surface area contributed by atoms with Crippen molar-refractivity contribution >= 4 is 21.5 Å². The van der Waals surface area contributed by atoms with Crippen LogP contribution in [0.5, 0.6) is 0 Å². The van der Waals surface area contributed by atoms with E-state index in [9.17, 15) is 18.9 Å². The second-order valence-corrected chi connectivity index (χ2v) is 7.29. The lowest BCUT2D eigenvalue weighted by atomic mass is 9.89. The number of sulfonamides is 1. The number of amidine groups is 1. The molecule has 0 saturated carbocycles. The van der Waals surface area contributed by atoms with Gasteiger partial charge in [-0.1, -0.05) is 35.9 Å². The number of benzene rings is 2. The molecule has 0 fully saturated rings. The average Bonchev–Trinajstić information content (AvgIpc) is 2.94. The van der Waals surface area contributed by atoms with E-state index < -0.39 is 21.9 Å². The van der Waals surface area contributed by atoms with Crippen LogP contribution in [0.4, 0.5) is 5.69 Å². The third kappa shape index (κ3) is 3.10. The first-order chi connectivity index (χ1) is 12.0. The van der Waals surface area contributed by atoms with Gasteiger partial charge in [0, 0.05) is 5.69 Å². The number of nitrogens with one attached hydrogen (secondary N) is 1. The average molecular weight is 350 g/mol. The maximum Gasteiger partial charge on any atom is 0.283 e. The lowest BCUT2D eigenvalue weighted by Gasteiger charge is -2.12. The fraction of sp³-hybridized carbons (Fsp3) is 0.167. The molecule has 0 saturated heterocycles. The number of anilines is 1. The Bertz CT molecular complexity index is 1010. The summed E-state index contributed by atoms with van der Waals surface area (Å²) in [5, 5.41) is 21.5. The molecular weight excluding hydrogens is 336 g/mol. The second kappa shape index (κ2) is 6.39. The molecule has 1 unspecified atom stereocenters. The molecule has 1 N–H and O–H groups in total. The van der Waals surface area contributed by atoms with Crippen molar-refractivity contribution in [3.8, 4) is 12.1 Å². The highest BCUT2D eigenvalue weighted by Crippen LogP contribution is 2.38. The van der Waals surface area contributed by atoms with Crippen LogP contribution in [-0.4, -0.2) is 14.3 Å². The minimum absolute atomic E-state index is 0.0626. The zero-order valence-corrected chi connectivity index (χ0v) is 14.2. The summed E-state index contributed by atoms with van der Waals surface area (Å²) in [5.41, 5.74) is 2.28. The molecule has 2 aromatic rings. The number of aryl methyl sites for hydroxylation is 1. The summed E-state index contributed by atoms with van der Waals surface area (Å²) in [4.78, 5) is 0.0626. The SMILES string of the molecule is Cc1ccc(S(=O)(=O)/N=C2\Nc3ccccc3C2C(C#N)C#N)cc1. The Morgan fingerprint density at radius 3 is 2.36 bits per heavy atom. The number of nitriles is 2. The Morgan fingerprint density at radius 2 is 1.72 bits per heavy atom. The highest BCUT2D eigenvalue weighted by Gasteiger charge is 2.36. The van der Waals surface area contributed by atoms with Gasteiger partial charge >= 0.3 is 0 Å². The fourth-order valence-electron chi connectivity index (χ4n) is 2.73. The van der Waals surface area contributed by atoms with Crippen LogP contribution >= 0.6 is 0 Å². The van der Waals surface area contributed by atoms with Gasteiger partial charge in [-0.25, -0.2) is 0 Å². The van der Waals surface area contributed by atoms with Gasteiger partial charge in [0.15, 0.2) is 0 Å². The van der Waals surface area contributed by atoms with Crippen molar-refractivity contribution in [2.75, 3.05) is 5.32 Å². The molecular formula is C18H14N4O2S. The first-order valence-corrected chi connectivity index (χ1v) is 8.97. The predicted molar refractivity (Wildman–Crippen MR) is 93.3 cm³/mol. The summed E-state index contributed by atoms with van der Waals surface area (Å²) in [6.07, 6.45) is 0. The van der Waals surface area contributed by atoms with Gasteiger partial charge in [0.05, 0.1) is 23.0 Å². The summed E-state index contributed by atoms with van der Waals surface area (Å²) >= 11 is 0. The topological polar surface area (TPSA) is 106 Å². The van der Waals surface area contributed by atoms with E-state index in [4.69, 9.17) is 0 Å². The molecule has 0 aromatic heterocycles. The highest BCUT2D eigenvalue weighted by molar-refractivity contribution is 7.90. The molecule has 0 aliphatic carbocycles. The zero-order valence-electron chi connectivity index (χ0n) is 13.3. The highest BCUT2D eigenvalue weighted by atomic mass is 32.2. The molecule has 6 nitrogen and oxygen atoms in total. The van der Waals surface area contributed by atoms with Crippen molar-refractivity contribution in [1.29, 1.82) is 10.5 Å². The Kier molecular flexibility index (Phi) is 4.26. The quantitative estimate of drug-likeness (QED) is 0.916. The van der Waals surface area contributed by atoms with Crippen molar-refractivity contribution in [1.82, 2.24) is 0 Å². The molecule has 1 atom stereocenters. The number of para-hydroxylation sites is 1. The van der Waals surface area contributed by atoms with E-state index in [1.165, 1.54) is 12.1 Å². The summed E-state index contributed by atoms with van der Waals surface area (Å²) < 4.78 is 29.1. The van der Waals surface area contributed by atoms with E-state index in [-0.39, 0.29) is 10.7 Å². The minimum atomic E-state index is -3.95. The molecule has 0 amide bonds. The van der Waals surface area contributed by atoms with Crippen molar-refractivity contribution in [2.24, 2.45) is 10.3 Å². The molecule has 2 aromatic carbocycles. The molecule has 7 heteroatoms. The molecule has 25 heavy (non-hydrogen) atoms. The standard InChI is InChI=1S/C18H14N4O2S/c1-12-6-8-14(9-7-12)25(23,24)22-18-17(13(10-19)11-20)15-4-2-3-5-16(15)21-18/h2-9,13,17H,1H3,(H,21,22). The van der Waals surface area contributed by atoms with Crippen molar-refractivity contribution in [3.63, 3.8) is 0 Å². The van der Waals surface area contributed by atoms with Gasteiger partial charge in [-0.3, -0.25) is 0 Å². The van der Waals surface area contributed by atoms with E-state index >= 15 is 0 Å². The van der Waals surface area contributed by atoms with Gasteiger partial charge in [0.2, 0.25) is 0 Å². The van der Waals surface area contributed by atoms with Crippen LogP contribution in [0.25, 0.3) is 0 Å². The smallest absolute Gasteiger partial charge is 0.283 e. The summed E-state index contributed by atoms with van der Waals surface area (Å²) in [6, 6.07) is 17.3. The summed E-state index contributed by atoms with van der Waals surface area (Å²) in [7, 11) is -3.95. The molecule has 1 aliphatic rings. The maximum atomic E-state index is 12.6. The Balaban J connectivity index is 2.09. The van der Waals surface area contributed by atoms with Crippen LogP contribution < -0.4 is 5.32 Å². The Hall–Kier alpha value is -3.16. The van der Waals surface area contributed by atoms with Crippen LogP contribution in [0.1, 0.15) is 17.0 Å². The van der Waals surface area contributed by atoms with Gasteiger partial charge < -0.3 is 5.32 Å². The van der Waals surface area contributed by atoms with Gasteiger partial charge in [0.1, 0.15) is 11.8 Å². The molecule has 0 bridgehead atoms. The minimum Gasteiger partial charge on any atom is -0.342 e. The van der Waals surface area contributed by atoms with Crippen LogP contribution in [0.15, 0.2) is 57.8 Å². The van der Waals surface area contributed by atoms with Crippen LogP contribution in [0, 0.1) is 35.5 Å². The zero-order chi connectivity index (χ0) is 18.0. The van der Waals surface area contributed by atoms with Crippen LogP contribution in [-0.2, 0) is 10.0 Å². The van der Waals surface area contributed by atoms with E-state index in [1.807, 2.05) is 19.1 Å². The summed E-state index contributed by atoms with van der Waals surface area (Å²) in [6.45, 7) is 1.86. The van der Waals surface area contributed by atoms with Crippen molar-refractivity contribution < 1.29 is 8.42 Å². The third-order valence-corrected chi connectivity index (χ3v) is 5.31. The maximum absolute atomic E-state index is 12.6. The monoisotopic (exact) mass is 350 g/mol. The number of hydrogen-bond donors (Lipinski definition) is 1. The first kappa shape index (κ1) is 16.7. The fourth-order valence-corrected chi connectivity index (χ4v) is 3.74. The van der Waals surface area contributed by atoms with E-state index in [1.54, 1.807) is 36.4 Å². The Labute approximate surface area is 146 Å². The van der Waals surface area contributed by atoms with Gasteiger partial charge in [-0.2, -0.15) is 18.9 Å². The van der Waals surface area contributed by atoms with Crippen molar-refractivity contribution in [3.05, 3.63) is 59.7 Å². The molecule has 3 rings (SSSR count). The Morgan fingerprint density at radius 1 is 1.08 bits per heavy atom. The lowest BCUT2D eigenvalue weighted by molar-refractivity contribution is 0.597. The van der Waals surface area contributed by atoms with E-state index in [0.717, 1.165) is 5.56 Å². The van der Waals surface area contributed by atoms with Crippen molar-refractivity contribution in [2.45, 2.75) is 17.7 Å². The first-order valence-electron chi connectivity index (χ1n) is 7.53. The molecule has 124 valence electrons. The van der Waals surface area contributed by atoms with Gasteiger partial charge in [0.25, 0.3) is 10.0 Å². The predicted octanol–water partition coefficient (Wildman–Crippen LogP) is 2.95. The number of fused-ring (bicyclic) bond motifs is 1. The normalized spacial score (nSPS) is 17.6. The molecule has 0 spiro atoms. The number of rotatable bonds is 3. The van der Waals surface area contributed by atoms with Crippen LogP contribution in [0.3, 0.4) is 0 Å². The largest absolute Gasteiger partial charge is 0.342 e. The van der Waals surface area contributed by atoms with Gasteiger partial charge in [-0.15, -0.1) is 4.40 Å².